The van der Waals surface area contributed by atoms with Crippen LogP contribution in [-0.2, 0) is 15.7 Å². The number of ether oxygens (including phenoxy) is 1. The Kier molecular flexibility index (Phi) is 6.26. The monoisotopic (exact) mass is 514 g/mol. The maximum atomic E-state index is 13.3. The van der Waals surface area contributed by atoms with Crippen LogP contribution in [0.5, 0.6) is 0 Å². The zero-order chi connectivity index (χ0) is 23.8. The van der Waals surface area contributed by atoms with E-state index in [0.29, 0.717) is 22.6 Å². The molecular formula is C20H14BrF3N2O6. The second kappa shape index (κ2) is 8.61. The molecule has 1 heterocycles. The Morgan fingerprint density at radius 1 is 1.22 bits per heavy atom. The largest absolute Gasteiger partial charge is 0.449 e. The number of alkyl halides is 3. The Balaban J connectivity index is 1.79. The van der Waals surface area contributed by atoms with Crippen molar-refractivity contribution in [2.24, 2.45) is 0 Å². The quantitative estimate of drug-likeness (QED) is 0.269. The highest BCUT2D eigenvalue weighted by atomic mass is 79.9. The van der Waals surface area contributed by atoms with Gasteiger partial charge in [-0.3, -0.25) is 14.9 Å². The first-order valence-corrected chi connectivity index (χ1v) is 9.74. The Morgan fingerprint density at radius 3 is 2.53 bits per heavy atom. The highest BCUT2D eigenvalue weighted by molar-refractivity contribution is 9.10. The van der Waals surface area contributed by atoms with E-state index in [0.717, 1.165) is 16.6 Å². The number of anilines is 1. The molecule has 0 saturated heterocycles. The van der Waals surface area contributed by atoms with E-state index in [2.05, 4.69) is 15.9 Å². The van der Waals surface area contributed by atoms with Crippen molar-refractivity contribution < 1.29 is 36.8 Å². The van der Waals surface area contributed by atoms with Crippen LogP contribution in [-0.4, -0.2) is 22.9 Å². The first-order valence-electron chi connectivity index (χ1n) is 8.94. The molecule has 12 heteroatoms. The molecule has 0 radical (unpaired) electrons. The fraction of sp³-hybridized carbons (Fsp3) is 0.200. The predicted octanol–water partition coefficient (Wildman–Crippen LogP) is 5.61. The third kappa shape index (κ3) is 4.74. The number of benzene rings is 2. The molecule has 1 N–H and O–H groups in total. The van der Waals surface area contributed by atoms with Crippen LogP contribution in [0.4, 0.5) is 24.5 Å². The van der Waals surface area contributed by atoms with Crippen LogP contribution < -0.4 is 5.32 Å². The minimum absolute atomic E-state index is 0.149. The van der Waals surface area contributed by atoms with E-state index in [9.17, 15) is 32.9 Å². The number of rotatable bonds is 5. The lowest BCUT2D eigenvalue weighted by atomic mass is 10.1. The molecule has 1 amide bonds. The van der Waals surface area contributed by atoms with Gasteiger partial charge in [-0.25, -0.2) is 4.79 Å². The smallest absolute Gasteiger partial charge is 0.418 e. The van der Waals surface area contributed by atoms with Gasteiger partial charge in [0.1, 0.15) is 5.58 Å². The zero-order valence-corrected chi connectivity index (χ0v) is 18.0. The van der Waals surface area contributed by atoms with Gasteiger partial charge in [0.25, 0.3) is 11.6 Å². The first-order chi connectivity index (χ1) is 14.9. The average Bonchev–Trinajstić information content (AvgIpc) is 3.03. The summed E-state index contributed by atoms with van der Waals surface area (Å²) in [6.45, 7) is 2.78. The molecule has 3 aromatic rings. The number of carbonyl (C=O) groups excluding carboxylic acids is 2. The molecule has 0 saturated carbocycles. The van der Waals surface area contributed by atoms with Gasteiger partial charge in [-0.2, -0.15) is 13.2 Å². The van der Waals surface area contributed by atoms with Gasteiger partial charge in [0.05, 0.1) is 16.2 Å². The molecule has 0 aliphatic rings. The fourth-order valence-corrected chi connectivity index (χ4v) is 3.24. The van der Waals surface area contributed by atoms with E-state index < -0.39 is 46.0 Å². The van der Waals surface area contributed by atoms with Gasteiger partial charge in [-0.1, -0.05) is 15.9 Å². The summed E-state index contributed by atoms with van der Waals surface area (Å²) in [4.78, 5) is 34.6. The van der Waals surface area contributed by atoms with Crippen molar-refractivity contribution >= 4 is 50.2 Å². The number of carbonyl (C=O) groups is 2. The zero-order valence-electron chi connectivity index (χ0n) is 16.5. The van der Waals surface area contributed by atoms with Gasteiger partial charge in [-0.15, -0.1) is 0 Å². The lowest BCUT2D eigenvalue weighted by Crippen LogP contribution is -2.30. The third-order valence-corrected chi connectivity index (χ3v) is 5.01. The van der Waals surface area contributed by atoms with Crippen LogP contribution in [0, 0.1) is 17.0 Å². The molecule has 0 aliphatic heterocycles. The van der Waals surface area contributed by atoms with Gasteiger partial charge in [0.2, 0.25) is 5.76 Å². The fourth-order valence-electron chi connectivity index (χ4n) is 2.88. The van der Waals surface area contributed by atoms with E-state index in [1.165, 1.54) is 6.92 Å². The first kappa shape index (κ1) is 23.3. The van der Waals surface area contributed by atoms with Crippen molar-refractivity contribution in [1.82, 2.24) is 0 Å². The number of fused-ring (bicyclic) bond motifs is 1. The summed E-state index contributed by atoms with van der Waals surface area (Å²) in [5.74, 6) is -2.18. The van der Waals surface area contributed by atoms with E-state index in [1.54, 1.807) is 25.1 Å². The number of amides is 1. The maximum absolute atomic E-state index is 13.3. The van der Waals surface area contributed by atoms with Crippen molar-refractivity contribution in [3.63, 3.8) is 0 Å². The molecule has 168 valence electrons. The predicted molar refractivity (Wildman–Crippen MR) is 110 cm³/mol. The highest BCUT2D eigenvalue weighted by Gasteiger charge is 2.36. The lowest BCUT2D eigenvalue weighted by Gasteiger charge is -2.16. The molecule has 8 nitrogen and oxygen atoms in total. The maximum Gasteiger partial charge on any atom is 0.418 e. The molecule has 0 aliphatic carbocycles. The summed E-state index contributed by atoms with van der Waals surface area (Å²) >= 11 is 3.31. The average molecular weight is 515 g/mol. The van der Waals surface area contributed by atoms with Crippen LogP contribution in [0.25, 0.3) is 11.0 Å². The summed E-state index contributed by atoms with van der Waals surface area (Å²) < 4.78 is 51.1. The van der Waals surface area contributed by atoms with Crippen molar-refractivity contribution in [1.29, 1.82) is 0 Å². The summed E-state index contributed by atoms with van der Waals surface area (Å²) in [6, 6.07) is 6.95. The van der Waals surface area contributed by atoms with Gasteiger partial charge in [-0.05, 0) is 38.1 Å². The van der Waals surface area contributed by atoms with Gasteiger partial charge in [0, 0.05) is 27.6 Å². The van der Waals surface area contributed by atoms with Gasteiger partial charge in [0.15, 0.2) is 6.10 Å². The molecule has 0 bridgehead atoms. The summed E-state index contributed by atoms with van der Waals surface area (Å²) in [5, 5.41) is 13.4. The minimum atomic E-state index is -4.96. The van der Waals surface area contributed by atoms with Crippen LogP contribution in [0.15, 0.2) is 45.3 Å². The molecule has 0 fully saturated rings. The molecule has 1 aromatic heterocycles. The Bertz CT molecular complexity index is 1240. The van der Waals surface area contributed by atoms with Crippen LogP contribution >= 0.6 is 15.9 Å². The van der Waals surface area contributed by atoms with E-state index in [4.69, 9.17) is 9.15 Å². The van der Waals surface area contributed by atoms with Crippen molar-refractivity contribution in [3.8, 4) is 0 Å². The number of aryl methyl sites for hydroxylation is 1. The number of furan rings is 1. The highest BCUT2D eigenvalue weighted by Crippen LogP contribution is 2.37. The molecule has 2 aromatic carbocycles. The molecule has 3 rings (SSSR count). The van der Waals surface area contributed by atoms with Gasteiger partial charge >= 0.3 is 12.1 Å². The number of nitrogens with one attached hydrogen (secondary N) is 1. The number of nitrogens with zero attached hydrogens (tertiary/aromatic N) is 1. The lowest BCUT2D eigenvalue weighted by molar-refractivity contribution is -0.385. The van der Waals surface area contributed by atoms with Crippen molar-refractivity contribution in [2.75, 3.05) is 5.32 Å². The second-order valence-corrected chi connectivity index (χ2v) is 7.63. The molecule has 1 atom stereocenters. The SMILES string of the molecule is Cc1c(C(=O)OC(C)C(=O)Nc2ccc([N+](=O)[O-])cc2C(F)(F)F)oc2ccc(Br)cc12. The molecular weight excluding hydrogens is 501 g/mol. The summed E-state index contributed by atoms with van der Waals surface area (Å²) in [6.07, 6.45) is -6.45. The minimum Gasteiger partial charge on any atom is -0.449 e. The Morgan fingerprint density at radius 2 is 1.91 bits per heavy atom. The number of halogens is 4. The number of hydrogen-bond donors (Lipinski definition) is 1. The van der Waals surface area contributed by atoms with Crippen LogP contribution in [0.2, 0.25) is 0 Å². The number of esters is 1. The summed E-state index contributed by atoms with van der Waals surface area (Å²) in [7, 11) is 0. The number of nitro benzene ring substituents is 1. The summed E-state index contributed by atoms with van der Waals surface area (Å²) in [5.41, 5.74) is -2.02. The molecule has 32 heavy (non-hydrogen) atoms. The standard InChI is InChI=1S/C20H14BrF3N2O6/c1-9-13-7-11(21)3-6-16(13)32-17(9)19(28)31-10(2)18(27)25-15-5-4-12(26(29)30)8-14(15)20(22,23)24/h3-8,10H,1-2H3,(H,25,27). The normalized spacial score (nSPS) is 12.4. The Hall–Kier alpha value is -3.41. The Labute approximate surface area is 186 Å². The number of non-ortho nitro benzene ring substituents is 1. The number of nitro groups is 1. The molecule has 1 unspecified atom stereocenters. The topological polar surface area (TPSA) is 112 Å². The third-order valence-electron chi connectivity index (χ3n) is 4.51. The van der Waals surface area contributed by atoms with E-state index >= 15 is 0 Å². The van der Waals surface area contributed by atoms with Gasteiger partial charge < -0.3 is 14.5 Å². The van der Waals surface area contributed by atoms with E-state index in [-0.39, 0.29) is 5.76 Å². The van der Waals surface area contributed by atoms with Crippen LogP contribution in [0.3, 0.4) is 0 Å². The van der Waals surface area contributed by atoms with Crippen molar-refractivity contribution in [3.05, 3.63) is 67.9 Å². The number of hydrogen-bond acceptors (Lipinski definition) is 6. The van der Waals surface area contributed by atoms with Crippen LogP contribution in [0.1, 0.15) is 28.6 Å². The molecule has 0 spiro atoms. The van der Waals surface area contributed by atoms with E-state index in [1.807, 2.05) is 5.32 Å². The second-order valence-electron chi connectivity index (χ2n) is 6.72. The van der Waals surface area contributed by atoms with Crippen molar-refractivity contribution in [2.45, 2.75) is 26.1 Å².